The van der Waals surface area contributed by atoms with Crippen LogP contribution in [0, 0.1) is 19.2 Å². The summed E-state index contributed by atoms with van der Waals surface area (Å²) in [6, 6.07) is 0. The van der Waals surface area contributed by atoms with Crippen molar-refractivity contribution < 1.29 is 18.9 Å². The van der Waals surface area contributed by atoms with Gasteiger partial charge in [0.25, 0.3) is 0 Å². The molecule has 0 atom stereocenters. The molecule has 1 rings (SSSR count). The predicted octanol–water partition coefficient (Wildman–Crippen LogP) is -0.0684. The van der Waals surface area contributed by atoms with Gasteiger partial charge in [0.05, 0.1) is 0 Å². The Bertz CT molecular complexity index is 175. The molecular weight excluding hydrogens is 191 g/mol. The van der Waals surface area contributed by atoms with Crippen molar-refractivity contribution in [3.05, 3.63) is 20.3 Å². The van der Waals surface area contributed by atoms with Crippen molar-refractivity contribution in [1.29, 1.82) is 0 Å². The summed E-state index contributed by atoms with van der Waals surface area (Å²) in [5.74, 6) is 0. The molecule has 0 saturated carbocycles. The molecule has 44 valence electrons. The number of rotatable bonds is 0. The van der Waals surface area contributed by atoms with Gasteiger partial charge in [-0.1, -0.05) is 13.8 Å². The predicted molar refractivity (Wildman–Crippen MR) is 40.3 cm³/mol. The molecule has 0 unspecified atom stereocenters. The first-order valence-electron chi connectivity index (χ1n) is 2.35. The summed E-state index contributed by atoms with van der Waals surface area (Å²) in [6.07, 6.45) is 0. The smallest absolute Gasteiger partial charge is 0.299 e. The van der Waals surface area contributed by atoms with Crippen molar-refractivity contribution in [3.63, 3.8) is 0 Å². The molecule has 0 nitrogen and oxygen atoms in total. The van der Waals surface area contributed by atoms with Crippen LogP contribution in [0.3, 0.4) is 0 Å². The molecule has 0 amide bonds. The third-order valence-corrected chi connectivity index (χ3v) is 3.37. The van der Waals surface area contributed by atoms with E-state index in [9.17, 15) is 0 Å². The number of thiophene rings is 1. The molecule has 0 aliphatic carbocycles. The molecule has 3 heteroatoms. The van der Waals surface area contributed by atoms with Crippen molar-refractivity contribution in [2.45, 2.75) is 13.8 Å². The maximum Gasteiger partial charge on any atom is 1.00 e. The fourth-order valence-corrected chi connectivity index (χ4v) is 1.63. The van der Waals surface area contributed by atoms with Crippen molar-refractivity contribution in [2.24, 2.45) is 0 Å². The molecule has 9 heavy (non-hydrogen) atoms. The van der Waals surface area contributed by atoms with E-state index in [0.717, 1.165) is 0 Å². The Morgan fingerprint density at radius 1 is 1.44 bits per heavy atom. The molecule has 0 saturated heterocycles. The molecule has 0 aliphatic heterocycles. The van der Waals surface area contributed by atoms with E-state index in [1.807, 2.05) is 6.92 Å². The SMILES string of the molecule is Cc1[c-]sc(C)c1Br.[Li+]. The molecule has 0 aliphatic rings. The van der Waals surface area contributed by atoms with Crippen molar-refractivity contribution in [2.75, 3.05) is 0 Å². The average Bonchev–Trinajstić information content (AvgIpc) is 1.98. The summed E-state index contributed by atoms with van der Waals surface area (Å²) in [5, 5.41) is 3.13. The first-order chi connectivity index (χ1) is 3.72. The van der Waals surface area contributed by atoms with E-state index in [1.54, 1.807) is 11.3 Å². The Kier molecular flexibility index (Phi) is 4.16. The second-order valence-electron chi connectivity index (χ2n) is 1.70. The molecule has 0 fully saturated rings. The molecule has 1 heterocycles. The van der Waals surface area contributed by atoms with Crippen LogP contribution in [-0.4, -0.2) is 0 Å². The van der Waals surface area contributed by atoms with Crippen molar-refractivity contribution in [1.82, 2.24) is 0 Å². The largest absolute Gasteiger partial charge is 1.00 e. The van der Waals surface area contributed by atoms with Gasteiger partial charge in [-0.2, -0.15) is 5.56 Å². The minimum atomic E-state index is 0. The van der Waals surface area contributed by atoms with Crippen LogP contribution in [0.15, 0.2) is 4.47 Å². The van der Waals surface area contributed by atoms with Gasteiger partial charge in [-0.05, 0) is 0 Å². The third-order valence-electron chi connectivity index (χ3n) is 0.996. The molecule has 0 N–H and O–H groups in total. The Hall–Kier alpha value is 0.777. The van der Waals surface area contributed by atoms with Crippen LogP contribution >= 0.6 is 27.3 Å². The summed E-state index contributed by atoms with van der Waals surface area (Å²) < 4.78 is 1.21. The van der Waals surface area contributed by atoms with Crippen LogP contribution in [0.2, 0.25) is 0 Å². The van der Waals surface area contributed by atoms with E-state index in [4.69, 9.17) is 0 Å². The zero-order valence-electron chi connectivity index (χ0n) is 5.79. The average molecular weight is 197 g/mol. The van der Waals surface area contributed by atoms with Crippen molar-refractivity contribution in [3.8, 4) is 0 Å². The maximum absolute atomic E-state index is 3.43. The van der Waals surface area contributed by atoms with Gasteiger partial charge in [-0.25, -0.2) is 0 Å². The topological polar surface area (TPSA) is 0 Å². The van der Waals surface area contributed by atoms with Crippen LogP contribution < -0.4 is 18.9 Å². The Morgan fingerprint density at radius 2 is 2.00 bits per heavy atom. The molecule has 0 radical (unpaired) electrons. The Balaban J connectivity index is 0.000000640. The molecule has 1 aromatic rings. The molecule has 0 bridgehead atoms. The fourth-order valence-electron chi connectivity index (χ4n) is 0.507. The second-order valence-corrected chi connectivity index (χ2v) is 3.51. The van der Waals surface area contributed by atoms with Crippen LogP contribution in [-0.2, 0) is 0 Å². The number of hydrogen-bond donors (Lipinski definition) is 0. The Morgan fingerprint density at radius 3 is 2.11 bits per heavy atom. The van der Waals surface area contributed by atoms with Gasteiger partial charge < -0.3 is 0 Å². The first-order valence-corrected chi connectivity index (χ1v) is 3.96. The second kappa shape index (κ2) is 3.83. The minimum Gasteiger partial charge on any atom is -0.299 e. The summed E-state index contributed by atoms with van der Waals surface area (Å²) in [7, 11) is 0. The van der Waals surface area contributed by atoms with Crippen LogP contribution in [0.4, 0.5) is 0 Å². The minimum absolute atomic E-state index is 0. The molecule has 0 spiro atoms. The summed E-state index contributed by atoms with van der Waals surface area (Å²) >= 11 is 5.09. The van der Waals surface area contributed by atoms with E-state index in [-0.39, 0.29) is 18.9 Å². The standard InChI is InChI=1S/C6H6BrS.Li/c1-4-3-8-5(2)6(4)7;/h1-2H3;/q-1;+1. The number of aryl methyl sites for hydroxylation is 2. The zero-order chi connectivity index (χ0) is 6.15. The number of halogens is 1. The van der Waals surface area contributed by atoms with Gasteiger partial charge in [-0.3, -0.25) is 11.3 Å². The molecular formula is C6H6BrLiS. The van der Waals surface area contributed by atoms with Gasteiger partial charge in [-0.15, -0.1) is 30.7 Å². The summed E-state index contributed by atoms with van der Waals surface area (Å²) in [5.41, 5.74) is 1.22. The van der Waals surface area contributed by atoms with Gasteiger partial charge in [0.1, 0.15) is 0 Å². The maximum atomic E-state index is 3.43. The van der Waals surface area contributed by atoms with Gasteiger partial charge >= 0.3 is 18.9 Å². The van der Waals surface area contributed by atoms with Gasteiger partial charge in [0.15, 0.2) is 0 Å². The van der Waals surface area contributed by atoms with E-state index >= 15 is 0 Å². The Labute approximate surface area is 80.0 Å². The van der Waals surface area contributed by atoms with Crippen LogP contribution in [0.5, 0.6) is 0 Å². The van der Waals surface area contributed by atoms with Gasteiger partial charge in [0, 0.05) is 0 Å². The van der Waals surface area contributed by atoms with Crippen molar-refractivity contribution >= 4 is 27.3 Å². The molecule has 0 aromatic carbocycles. The van der Waals surface area contributed by atoms with Crippen LogP contribution in [0.25, 0.3) is 0 Å². The third kappa shape index (κ3) is 2.12. The van der Waals surface area contributed by atoms with Crippen LogP contribution in [0.1, 0.15) is 10.4 Å². The summed E-state index contributed by atoms with van der Waals surface area (Å²) in [6.45, 7) is 4.13. The quantitative estimate of drug-likeness (QED) is 0.403. The number of hydrogen-bond acceptors (Lipinski definition) is 1. The van der Waals surface area contributed by atoms with E-state index in [1.165, 1.54) is 14.9 Å². The van der Waals surface area contributed by atoms with Gasteiger partial charge in [0.2, 0.25) is 0 Å². The first kappa shape index (κ1) is 9.78. The van der Waals surface area contributed by atoms with E-state index < -0.39 is 0 Å². The molecule has 1 aromatic heterocycles. The van der Waals surface area contributed by atoms with E-state index in [2.05, 4.69) is 28.2 Å². The zero-order valence-corrected chi connectivity index (χ0v) is 8.19. The summed E-state index contributed by atoms with van der Waals surface area (Å²) in [4.78, 5) is 1.31. The normalized spacial score (nSPS) is 8.78. The fraction of sp³-hybridized carbons (Fsp3) is 0.333. The monoisotopic (exact) mass is 196 g/mol. The van der Waals surface area contributed by atoms with E-state index in [0.29, 0.717) is 0 Å².